The van der Waals surface area contributed by atoms with E-state index in [1.807, 2.05) is 102 Å². The number of likely N-dealkylation sites (tertiary alicyclic amines) is 1. The van der Waals surface area contributed by atoms with Crippen LogP contribution in [-0.4, -0.2) is 106 Å². The van der Waals surface area contributed by atoms with Crippen molar-refractivity contribution in [3.63, 3.8) is 0 Å². The van der Waals surface area contributed by atoms with Crippen LogP contribution in [-0.2, 0) is 56.0 Å². The SMILES string of the molecule is Cc1c(C=O)cc(-c2cc3c(cc2C(=O)N2Cc4ccccc4CC2CN2CCCCC2)CN(C(=O)Cc2ccc(OCCC4CCOCC4)cc2)CC3)n1C.Cc1c(N(C)c2ccc(O)cc2)cc(C#N)n1C. The first-order valence-corrected chi connectivity index (χ1v) is 26.4. The Kier molecular flexibility index (Phi) is 16.3. The molecule has 2 amide bonds. The molecule has 386 valence electrons. The van der Waals surface area contributed by atoms with Crippen LogP contribution >= 0.6 is 0 Å². The zero-order valence-electron chi connectivity index (χ0n) is 43.8. The fourth-order valence-corrected chi connectivity index (χ4v) is 11.2. The van der Waals surface area contributed by atoms with E-state index in [4.69, 9.17) is 14.7 Å². The van der Waals surface area contributed by atoms with Gasteiger partial charge in [-0.2, -0.15) is 5.26 Å². The van der Waals surface area contributed by atoms with Gasteiger partial charge in [-0.15, -0.1) is 0 Å². The van der Waals surface area contributed by atoms with Crippen LogP contribution in [0, 0.1) is 31.1 Å². The van der Waals surface area contributed by atoms with Crippen molar-refractivity contribution in [3.05, 3.63) is 153 Å². The summed E-state index contributed by atoms with van der Waals surface area (Å²) < 4.78 is 15.4. The summed E-state index contributed by atoms with van der Waals surface area (Å²) in [6, 6.07) is 33.6. The van der Waals surface area contributed by atoms with E-state index in [0.29, 0.717) is 61.8 Å². The van der Waals surface area contributed by atoms with Crippen molar-refractivity contribution in [3.8, 4) is 28.8 Å². The third-order valence-corrected chi connectivity index (χ3v) is 16.1. The van der Waals surface area contributed by atoms with E-state index in [2.05, 4.69) is 52.3 Å². The van der Waals surface area contributed by atoms with Gasteiger partial charge in [0.05, 0.1) is 18.7 Å². The average molecular weight is 998 g/mol. The van der Waals surface area contributed by atoms with E-state index in [-0.39, 0.29) is 23.6 Å². The molecule has 6 heterocycles. The van der Waals surface area contributed by atoms with Gasteiger partial charge in [0.25, 0.3) is 5.91 Å². The molecular weight excluding hydrogens is 927 g/mol. The van der Waals surface area contributed by atoms with Crippen molar-refractivity contribution in [1.82, 2.24) is 23.8 Å². The minimum atomic E-state index is 0.00401. The van der Waals surface area contributed by atoms with E-state index >= 15 is 4.79 Å². The lowest BCUT2D eigenvalue weighted by molar-refractivity contribution is -0.131. The van der Waals surface area contributed by atoms with Gasteiger partial charge in [0.1, 0.15) is 23.3 Å². The van der Waals surface area contributed by atoms with Gasteiger partial charge in [0, 0.05) is 106 Å². The molecule has 10 rings (SSSR count). The van der Waals surface area contributed by atoms with Crippen molar-refractivity contribution in [2.24, 2.45) is 20.0 Å². The lowest BCUT2D eigenvalue weighted by atomic mass is 9.89. The van der Waals surface area contributed by atoms with Gasteiger partial charge in [-0.05, 0) is 166 Å². The second kappa shape index (κ2) is 23.4. The molecule has 0 aliphatic carbocycles. The van der Waals surface area contributed by atoms with Crippen LogP contribution in [0.3, 0.4) is 0 Å². The molecule has 0 saturated carbocycles. The molecule has 4 aliphatic heterocycles. The summed E-state index contributed by atoms with van der Waals surface area (Å²) in [7, 11) is 5.78. The number of nitrogens with zero attached hydrogens (tertiary/aromatic N) is 7. The molecule has 1 atom stereocenters. The number of hydrogen-bond acceptors (Lipinski definition) is 9. The normalized spacial score (nSPS) is 16.8. The summed E-state index contributed by atoms with van der Waals surface area (Å²) in [5, 5.41) is 18.3. The van der Waals surface area contributed by atoms with E-state index < -0.39 is 0 Å². The summed E-state index contributed by atoms with van der Waals surface area (Å²) in [5.74, 6) is 1.82. The molecule has 2 aromatic heterocycles. The van der Waals surface area contributed by atoms with Gasteiger partial charge >= 0.3 is 0 Å². The number of anilines is 2. The summed E-state index contributed by atoms with van der Waals surface area (Å²) >= 11 is 0. The number of fused-ring (bicyclic) bond motifs is 2. The molecule has 1 N–H and O–H groups in total. The number of benzene rings is 4. The van der Waals surface area contributed by atoms with E-state index in [1.54, 1.807) is 12.1 Å². The fraction of sp³-hybridized carbons (Fsp3) is 0.410. The number of aromatic hydroxyl groups is 1. The minimum absolute atomic E-state index is 0.00401. The molecule has 0 radical (unpaired) electrons. The lowest BCUT2D eigenvalue weighted by Gasteiger charge is -2.41. The number of phenolic OH excluding ortho intramolecular Hbond substituents is 1. The number of aromatic nitrogens is 2. The van der Waals surface area contributed by atoms with Crippen LogP contribution in [0.2, 0.25) is 0 Å². The number of carbonyl (C=O) groups is 3. The topological polar surface area (TPSA) is 137 Å². The molecule has 6 aromatic rings. The number of ether oxygens (including phenoxy) is 2. The Balaban J connectivity index is 0.000000315. The Labute approximate surface area is 436 Å². The van der Waals surface area contributed by atoms with Gasteiger partial charge in [0.15, 0.2) is 6.29 Å². The van der Waals surface area contributed by atoms with Crippen molar-refractivity contribution < 1.29 is 29.0 Å². The van der Waals surface area contributed by atoms with Crippen LogP contribution in [0.4, 0.5) is 11.4 Å². The largest absolute Gasteiger partial charge is 0.508 e. The first kappa shape index (κ1) is 51.7. The Morgan fingerprint density at radius 2 is 1.57 bits per heavy atom. The number of amides is 2. The van der Waals surface area contributed by atoms with Gasteiger partial charge in [-0.3, -0.25) is 14.4 Å². The number of carbonyl (C=O) groups excluding carboxylic acids is 3. The fourth-order valence-electron chi connectivity index (χ4n) is 11.2. The maximum Gasteiger partial charge on any atom is 0.255 e. The maximum absolute atomic E-state index is 15.2. The Morgan fingerprint density at radius 1 is 0.838 bits per heavy atom. The molecule has 2 fully saturated rings. The van der Waals surface area contributed by atoms with Crippen LogP contribution < -0.4 is 9.64 Å². The van der Waals surface area contributed by atoms with Gasteiger partial charge in [0.2, 0.25) is 5.91 Å². The Hall–Kier alpha value is -7.14. The molecule has 0 spiro atoms. The minimum Gasteiger partial charge on any atom is -0.508 e. The molecule has 13 nitrogen and oxygen atoms in total. The molecular formula is C61H71N7O6. The standard InChI is InChI=1S/C47H56N4O5.C14H15N3O/c1-33-40(32-52)28-45(48(33)2)43-26-37-14-20-50(46(53)24-35-10-12-42(13-11-35)56-23-17-34-15-21-55-22-16-34)29-39(37)27-44(43)47(54)51-30-38-9-5-4-8-36(38)25-41(51)31-49-18-6-3-7-19-49;1-10-14(8-12(9-15)16(10)2)17(3)11-4-6-13(18)7-5-11/h4-5,8-13,26-28,32,34,41H,3,6-7,14-25,29-31H2,1-2H3;4-8,18H,1-3H3. The number of nitriles is 1. The zero-order valence-corrected chi connectivity index (χ0v) is 43.8. The highest BCUT2D eigenvalue weighted by Crippen LogP contribution is 2.36. The van der Waals surface area contributed by atoms with Crippen LogP contribution in [0.15, 0.2) is 97.1 Å². The number of aldehydes is 1. The molecule has 4 aromatic carbocycles. The van der Waals surface area contributed by atoms with Gasteiger partial charge in [-0.25, -0.2) is 0 Å². The number of hydrogen-bond donors (Lipinski definition) is 1. The molecule has 2 saturated heterocycles. The molecule has 74 heavy (non-hydrogen) atoms. The van der Waals surface area contributed by atoms with Crippen molar-refractivity contribution in [2.75, 3.05) is 57.9 Å². The number of piperidine rings is 1. The van der Waals surface area contributed by atoms with Gasteiger partial charge < -0.3 is 43.3 Å². The van der Waals surface area contributed by atoms with Gasteiger partial charge in [-0.1, -0.05) is 42.8 Å². The van der Waals surface area contributed by atoms with Crippen molar-refractivity contribution in [2.45, 2.75) is 90.8 Å². The maximum atomic E-state index is 15.2. The summed E-state index contributed by atoms with van der Waals surface area (Å²) in [5.41, 5.74) is 13.1. The van der Waals surface area contributed by atoms with Crippen LogP contribution in [0.5, 0.6) is 11.5 Å². The molecule has 4 aliphatic rings. The van der Waals surface area contributed by atoms with E-state index in [0.717, 1.165) is 121 Å². The highest BCUT2D eigenvalue weighted by atomic mass is 16.5. The zero-order chi connectivity index (χ0) is 51.9. The smallest absolute Gasteiger partial charge is 0.255 e. The van der Waals surface area contributed by atoms with Crippen LogP contribution in [0.25, 0.3) is 11.3 Å². The first-order chi connectivity index (χ1) is 35.9. The third-order valence-electron chi connectivity index (χ3n) is 16.1. The average Bonchev–Trinajstić information content (AvgIpc) is 3.89. The Morgan fingerprint density at radius 3 is 2.26 bits per heavy atom. The summed E-state index contributed by atoms with van der Waals surface area (Å²) in [6.07, 6.45) is 9.63. The second-order valence-electron chi connectivity index (χ2n) is 20.7. The quantitative estimate of drug-likeness (QED) is 0.112. The lowest BCUT2D eigenvalue weighted by Crippen LogP contribution is -2.51. The predicted octanol–water partition coefficient (Wildman–Crippen LogP) is 9.87. The molecule has 13 heteroatoms. The monoisotopic (exact) mass is 998 g/mol. The Bertz CT molecular complexity index is 2990. The highest BCUT2D eigenvalue weighted by Gasteiger charge is 2.35. The van der Waals surface area contributed by atoms with E-state index in [9.17, 15) is 14.7 Å². The molecule has 0 bridgehead atoms. The van der Waals surface area contributed by atoms with Crippen molar-refractivity contribution >= 4 is 29.5 Å². The first-order valence-electron chi connectivity index (χ1n) is 26.4. The number of rotatable bonds is 13. The molecule has 1 unspecified atom stereocenters. The van der Waals surface area contributed by atoms with E-state index in [1.165, 1.54) is 30.4 Å². The highest BCUT2D eigenvalue weighted by molar-refractivity contribution is 6.02. The summed E-state index contributed by atoms with van der Waals surface area (Å²) in [6.45, 7) is 10.9. The second-order valence-corrected chi connectivity index (χ2v) is 20.7. The van der Waals surface area contributed by atoms with Crippen molar-refractivity contribution in [1.29, 1.82) is 5.26 Å². The van der Waals surface area contributed by atoms with Crippen LogP contribution in [0.1, 0.15) is 104 Å². The summed E-state index contributed by atoms with van der Waals surface area (Å²) in [4.78, 5) is 49.6. The predicted molar refractivity (Wildman–Crippen MR) is 289 cm³/mol. The third kappa shape index (κ3) is 11.6. The number of phenols is 1.